The fraction of sp³-hybridized carbons (Fsp3) is 0.474. The molecule has 134 valence electrons. The molecule has 2 heterocycles. The average Bonchev–Trinajstić information content (AvgIpc) is 2.90. The smallest absolute Gasteiger partial charge is 0.318 e. The molecule has 3 rings (SSSR count). The van der Waals surface area contributed by atoms with Crippen LogP contribution in [0.25, 0.3) is 0 Å². The normalized spacial score (nSPS) is 17.8. The molecule has 0 saturated carbocycles. The monoisotopic (exact) mass is 343 g/mol. The highest BCUT2D eigenvalue weighted by molar-refractivity contribution is 5.74. The quantitative estimate of drug-likeness (QED) is 0.916. The van der Waals surface area contributed by atoms with Crippen LogP contribution in [0.4, 0.5) is 4.79 Å². The molecule has 0 spiro atoms. The Morgan fingerprint density at radius 1 is 1.32 bits per heavy atom. The molecule has 1 aromatic carbocycles. The fourth-order valence-electron chi connectivity index (χ4n) is 3.29. The summed E-state index contributed by atoms with van der Waals surface area (Å²) < 4.78 is 10.3. The molecule has 1 fully saturated rings. The summed E-state index contributed by atoms with van der Waals surface area (Å²) in [6, 6.07) is 9.88. The van der Waals surface area contributed by atoms with Gasteiger partial charge in [0.15, 0.2) is 0 Å². The Morgan fingerprint density at radius 2 is 2.12 bits per heavy atom. The van der Waals surface area contributed by atoms with Gasteiger partial charge in [0.05, 0.1) is 19.7 Å². The lowest BCUT2D eigenvalue weighted by Gasteiger charge is -2.30. The predicted octanol–water partition coefficient (Wildman–Crippen LogP) is 3.82. The van der Waals surface area contributed by atoms with E-state index in [0.29, 0.717) is 6.54 Å². The molecule has 2 aromatic rings. The van der Waals surface area contributed by atoms with Crippen LogP contribution in [0.15, 0.2) is 34.9 Å². The maximum Gasteiger partial charge on any atom is 0.318 e. The summed E-state index contributed by atoms with van der Waals surface area (Å²) in [5.74, 6) is 1.57. The van der Waals surface area contributed by atoms with Crippen molar-refractivity contribution in [2.75, 3.05) is 13.7 Å². The summed E-state index contributed by atoms with van der Waals surface area (Å²) in [4.78, 5) is 14.7. The Morgan fingerprint density at radius 3 is 2.80 bits per heavy atom. The maximum absolute atomic E-state index is 12.8. The van der Waals surface area contributed by atoms with Crippen LogP contribution in [-0.2, 0) is 6.54 Å². The van der Waals surface area contributed by atoms with Crippen LogP contribution in [0.5, 0.6) is 5.75 Å². The second kappa shape index (κ2) is 8.05. The minimum Gasteiger partial charge on any atom is -0.497 e. The van der Waals surface area contributed by atoms with Crippen LogP contribution >= 0.6 is 0 Å². The molecule has 0 aliphatic carbocycles. The zero-order valence-corrected chi connectivity index (χ0v) is 14.8. The van der Waals surface area contributed by atoms with Crippen LogP contribution in [-0.4, -0.2) is 29.7 Å². The third kappa shape index (κ3) is 4.32. The largest absolute Gasteiger partial charge is 0.497 e. The van der Waals surface area contributed by atoms with Gasteiger partial charge in [-0.25, -0.2) is 4.79 Å². The Labute approximate surface area is 148 Å². The molecule has 0 radical (unpaired) electrons. The van der Waals surface area contributed by atoms with E-state index in [1.807, 2.05) is 30.0 Å². The van der Waals surface area contributed by atoms with Gasteiger partial charge < -0.3 is 19.5 Å². The van der Waals surface area contributed by atoms with Crippen LogP contribution in [0.1, 0.15) is 48.7 Å². The van der Waals surface area contributed by atoms with E-state index in [2.05, 4.69) is 22.6 Å². The van der Waals surface area contributed by atoms with E-state index in [0.717, 1.165) is 55.0 Å². The topological polar surface area (TPSA) is 67.6 Å². The summed E-state index contributed by atoms with van der Waals surface area (Å²) in [5, 5.41) is 6.90. The standard InChI is InChI=1S/C19H25N3O3/c1-14-12-16(21-25-14)13-20-19(23)22-11-5-3-4-6-18(22)15-7-9-17(24-2)10-8-15/h7-10,12,18H,3-6,11,13H2,1-2H3,(H,20,23)/t18-/m1/s1. The number of ether oxygens (including phenoxy) is 1. The number of nitrogens with zero attached hydrogens (tertiary/aromatic N) is 2. The summed E-state index contributed by atoms with van der Waals surface area (Å²) in [6.45, 7) is 2.98. The van der Waals surface area contributed by atoms with Gasteiger partial charge in [0.2, 0.25) is 0 Å². The third-order valence-corrected chi connectivity index (χ3v) is 4.61. The highest BCUT2D eigenvalue weighted by Crippen LogP contribution is 2.31. The number of urea groups is 1. The van der Waals surface area contributed by atoms with Gasteiger partial charge in [-0.2, -0.15) is 0 Å². The number of hydrogen-bond acceptors (Lipinski definition) is 4. The van der Waals surface area contributed by atoms with Gasteiger partial charge in [-0.1, -0.05) is 30.1 Å². The van der Waals surface area contributed by atoms with Gasteiger partial charge in [-0.05, 0) is 37.5 Å². The number of aryl methyl sites for hydroxylation is 1. The van der Waals surface area contributed by atoms with E-state index in [1.165, 1.54) is 0 Å². The third-order valence-electron chi connectivity index (χ3n) is 4.61. The van der Waals surface area contributed by atoms with Crippen molar-refractivity contribution in [1.29, 1.82) is 0 Å². The van der Waals surface area contributed by atoms with Crippen molar-refractivity contribution in [3.05, 3.63) is 47.3 Å². The number of carbonyl (C=O) groups is 1. The molecule has 1 aliphatic rings. The molecule has 6 nitrogen and oxygen atoms in total. The van der Waals surface area contributed by atoms with Gasteiger partial charge in [0.25, 0.3) is 0 Å². The lowest BCUT2D eigenvalue weighted by Crippen LogP contribution is -2.42. The Balaban J connectivity index is 1.71. The van der Waals surface area contributed by atoms with Gasteiger partial charge in [-0.3, -0.25) is 0 Å². The Kier molecular flexibility index (Phi) is 5.58. The van der Waals surface area contributed by atoms with E-state index in [1.54, 1.807) is 7.11 Å². The van der Waals surface area contributed by atoms with Crippen molar-refractivity contribution in [1.82, 2.24) is 15.4 Å². The summed E-state index contributed by atoms with van der Waals surface area (Å²) in [5.41, 5.74) is 1.89. The van der Waals surface area contributed by atoms with E-state index < -0.39 is 0 Å². The SMILES string of the molecule is COc1ccc([C@H]2CCCCCN2C(=O)NCc2cc(C)on2)cc1. The van der Waals surface area contributed by atoms with Crippen LogP contribution < -0.4 is 10.1 Å². The zero-order chi connectivity index (χ0) is 17.6. The van der Waals surface area contributed by atoms with E-state index >= 15 is 0 Å². The van der Waals surface area contributed by atoms with Crippen molar-refractivity contribution in [2.24, 2.45) is 0 Å². The average molecular weight is 343 g/mol. The first-order chi connectivity index (χ1) is 12.2. The first kappa shape index (κ1) is 17.3. The minimum atomic E-state index is -0.0524. The summed E-state index contributed by atoms with van der Waals surface area (Å²) in [6.07, 6.45) is 4.29. The first-order valence-electron chi connectivity index (χ1n) is 8.78. The Bertz CT molecular complexity index is 696. The minimum absolute atomic E-state index is 0.0524. The fourth-order valence-corrected chi connectivity index (χ4v) is 3.29. The number of amides is 2. The molecule has 1 atom stereocenters. The number of aromatic nitrogens is 1. The number of rotatable bonds is 4. The van der Waals surface area contributed by atoms with Crippen molar-refractivity contribution >= 4 is 6.03 Å². The van der Waals surface area contributed by atoms with Crippen molar-refractivity contribution in [3.63, 3.8) is 0 Å². The van der Waals surface area contributed by atoms with Gasteiger partial charge >= 0.3 is 6.03 Å². The maximum atomic E-state index is 12.8. The molecule has 1 saturated heterocycles. The number of likely N-dealkylation sites (tertiary alicyclic amines) is 1. The van der Waals surface area contributed by atoms with Gasteiger partial charge in [-0.15, -0.1) is 0 Å². The molecule has 1 N–H and O–H groups in total. The lowest BCUT2D eigenvalue weighted by molar-refractivity contribution is 0.175. The Hall–Kier alpha value is -2.50. The number of benzene rings is 1. The van der Waals surface area contributed by atoms with E-state index in [4.69, 9.17) is 9.26 Å². The predicted molar refractivity (Wildman–Crippen MR) is 94.4 cm³/mol. The first-order valence-corrected chi connectivity index (χ1v) is 8.78. The van der Waals surface area contributed by atoms with Crippen LogP contribution in [0.3, 0.4) is 0 Å². The molecule has 25 heavy (non-hydrogen) atoms. The number of nitrogens with one attached hydrogen (secondary N) is 1. The van der Waals surface area contributed by atoms with Crippen molar-refractivity contribution < 1.29 is 14.1 Å². The molecule has 1 aliphatic heterocycles. The number of hydrogen-bond donors (Lipinski definition) is 1. The highest BCUT2D eigenvalue weighted by Gasteiger charge is 2.26. The molecule has 0 bridgehead atoms. The van der Waals surface area contributed by atoms with Crippen LogP contribution in [0, 0.1) is 6.92 Å². The summed E-state index contributed by atoms with van der Waals surface area (Å²) >= 11 is 0. The van der Waals surface area contributed by atoms with E-state index in [-0.39, 0.29) is 12.1 Å². The van der Waals surface area contributed by atoms with Crippen LogP contribution in [0.2, 0.25) is 0 Å². The summed E-state index contributed by atoms with van der Waals surface area (Å²) in [7, 11) is 1.66. The van der Waals surface area contributed by atoms with E-state index in [9.17, 15) is 4.79 Å². The van der Waals surface area contributed by atoms with Gasteiger partial charge in [0, 0.05) is 12.6 Å². The molecular weight excluding hydrogens is 318 g/mol. The molecular formula is C19H25N3O3. The van der Waals surface area contributed by atoms with Gasteiger partial charge in [0.1, 0.15) is 17.2 Å². The molecule has 1 aromatic heterocycles. The second-order valence-corrected chi connectivity index (χ2v) is 6.42. The highest BCUT2D eigenvalue weighted by atomic mass is 16.5. The molecule has 0 unspecified atom stereocenters. The second-order valence-electron chi connectivity index (χ2n) is 6.42. The molecule has 2 amide bonds. The zero-order valence-electron chi connectivity index (χ0n) is 14.8. The number of methoxy groups -OCH3 is 1. The number of carbonyl (C=O) groups excluding carboxylic acids is 1. The lowest BCUT2D eigenvalue weighted by atomic mass is 10.0. The van der Waals surface area contributed by atoms with Crippen molar-refractivity contribution in [3.8, 4) is 5.75 Å². The van der Waals surface area contributed by atoms with Crippen molar-refractivity contribution in [2.45, 2.75) is 45.2 Å². The molecule has 6 heteroatoms.